The summed E-state index contributed by atoms with van der Waals surface area (Å²) in [6.45, 7) is 14.6. The van der Waals surface area contributed by atoms with Crippen LogP contribution >= 0.6 is 0 Å². The average molecular weight is 288 g/mol. The van der Waals surface area contributed by atoms with Crippen LogP contribution in [0.2, 0.25) is 0 Å². The minimum Gasteiger partial charge on any atom is -0.265 e. The van der Waals surface area contributed by atoms with Crippen LogP contribution in [0.1, 0.15) is 65.0 Å². The fourth-order valence-corrected chi connectivity index (χ4v) is 1.20. The smallest absolute Gasteiger partial charge is 0.0297 e. The SMILES string of the molecule is CC.CC(C)c1ccncc1.CCC.Cc1cccnc1. The van der Waals surface area contributed by atoms with E-state index in [0.29, 0.717) is 5.92 Å². The Labute approximate surface area is 131 Å². The van der Waals surface area contributed by atoms with Gasteiger partial charge in [-0.2, -0.15) is 0 Å². The Bertz CT molecular complexity index is 396. The summed E-state index contributed by atoms with van der Waals surface area (Å²) in [5.41, 5.74) is 2.56. The first-order valence-electron chi connectivity index (χ1n) is 7.88. The maximum absolute atomic E-state index is 3.93. The number of rotatable bonds is 1. The van der Waals surface area contributed by atoms with Crippen LogP contribution in [-0.2, 0) is 0 Å². The van der Waals surface area contributed by atoms with Crippen molar-refractivity contribution in [3.63, 3.8) is 0 Å². The second-order valence-corrected chi connectivity index (χ2v) is 4.67. The number of hydrogen-bond donors (Lipinski definition) is 0. The summed E-state index contributed by atoms with van der Waals surface area (Å²) in [6, 6.07) is 8.04. The first-order valence-corrected chi connectivity index (χ1v) is 7.88. The second-order valence-electron chi connectivity index (χ2n) is 4.67. The summed E-state index contributed by atoms with van der Waals surface area (Å²) >= 11 is 0. The van der Waals surface area contributed by atoms with Crippen molar-refractivity contribution in [2.75, 3.05) is 0 Å². The van der Waals surface area contributed by atoms with Gasteiger partial charge in [-0.05, 0) is 42.2 Å². The van der Waals surface area contributed by atoms with Gasteiger partial charge in [0.25, 0.3) is 0 Å². The fourth-order valence-electron chi connectivity index (χ4n) is 1.20. The third kappa shape index (κ3) is 14.5. The zero-order chi connectivity index (χ0) is 16.5. The second kappa shape index (κ2) is 16.4. The highest BCUT2D eigenvalue weighted by molar-refractivity contribution is 5.13. The molecule has 2 aromatic heterocycles. The van der Waals surface area contributed by atoms with E-state index in [1.54, 1.807) is 6.20 Å². The van der Waals surface area contributed by atoms with Gasteiger partial charge in [-0.25, -0.2) is 0 Å². The molecule has 0 N–H and O–H groups in total. The molecule has 0 aliphatic rings. The molecule has 0 unspecified atom stereocenters. The number of aryl methyl sites for hydroxylation is 1. The Morgan fingerprint density at radius 2 is 1.43 bits per heavy atom. The molecule has 0 atom stereocenters. The lowest BCUT2D eigenvalue weighted by Crippen LogP contribution is -1.85. The van der Waals surface area contributed by atoms with E-state index in [-0.39, 0.29) is 0 Å². The molecule has 0 amide bonds. The Kier molecular flexibility index (Phi) is 16.8. The predicted molar refractivity (Wildman–Crippen MR) is 94.6 cm³/mol. The van der Waals surface area contributed by atoms with E-state index in [9.17, 15) is 0 Å². The molecule has 0 spiro atoms. The standard InChI is InChI=1S/C8H11N.C6H7N.C3H8.C2H6/c1-7(2)8-3-5-9-6-4-8;1-6-3-2-4-7-5-6;1-3-2;1-2/h3-7H,1-2H3;2-5H,1H3;3H2,1-2H3;1-2H3. The van der Waals surface area contributed by atoms with Crippen LogP contribution < -0.4 is 0 Å². The normalized spacial score (nSPS) is 8.38. The number of pyridine rings is 2. The lowest BCUT2D eigenvalue weighted by molar-refractivity contribution is 0.863. The summed E-state index contributed by atoms with van der Waals surface area (Å²) in [5, 5.41) is 0. The molecule has 2 aromatic rings. The van der Waals surface area contributed by atoms with Crippen molar-refractivity contribution < 1.29 is 0 Å². The highest BCUT2D eigenvalue weighted by atomic mass is 14.6. The quantitative estimate of drug-likeness (QED) is 0.639. The minimum absolute atomic E-state index is 0.619. The summed E-state index contributed by atoms with van der Waals surface area (Å²) in [7, 11) is 0. The van der Waals surface area contributed by atoms with Gasteiger partial charge in [0, 0.05) is 24.8 Å². The zero-order valence-electron chi connectivity index (χ0n) is 14.8. The summed E-state index contributed by atoms with van der Waals surface area (Å²) < 4.78 is 0. The molecule has 118 valence electrons. The van der Waals surface area contributed by atoms with Gasteiger partial charge in [-0.1, -0.05) is 54.0 Å². The largest absolute Gasteiger partial charge is 0.265 e. The van der Waals surface area contributed by atoms with Crippen molar-refractivity contribution in [2.45, 2.75) is 60.8 Å². The molecule has 0 radical (unpaired) electrons. The minimum atomic E-state index is 0.619. The molecule has 2 heterocycles. The molecule has 0 saturated carbocycles. The lowest BCUT2D eigenvalue weighted by Gasteiger charge is -2.01. The predicted octanol–water partition coefficient (Wildman–Crippen LogP) is 6.04. The van der Waals surface area contributed by atoms with Crippen molar-refractivity contribution in [2.24, 2.45) is 0 Å². The molecular formula is C19H32N2. The van der Waals surface area contributed by atoms with E-state index < -0.39 is 0 Å². The third-order valence-electron chi connectivity index (χ3n) is 2.18. The number of hydrogen-bond acceptors (Lipinski definition) is 2. The number of aromatic nitrogens is 2. The van der Waals surface area contributed by atoms with Gasteiger partial charge < -0.3 is 0 Å². The van der Waals surface area contributed by atoms with Crippen LogP contribution in [0.15, 0.2) is 49.1 Å². The van der Waals surface area contributed by atoms with E-state index in [4.69, 9.17) is 0 Å². The first-order chi connectivity index (χ1) is 10.1. The molecule has 0 saturated heterocycles. The van der Waals surface area contributed by atoms with E-state index in [2.05, 4.69) is 37.7 Å². The van der Waals surface area contributed by atoms with Gasteiger partial charge in [-0.15, -0.1) is 0 Å². The average Bonchev–Trinajstić information content (AvgIpc) is 2.52. The highest BCUT2D eigenvalue weighted by Gasteiger charge is 1.93. The molecule has 0 aromatic carbocycles. The Morgan fingerprint density at radius 3 is 1.67 bits per heavy atom. The maximum Gasteiger partial charge on any atom is 0.0297 e. The Morgan fingerprint density at radius 1 is 0.905 bits per heavy atom. The molecule has 2 rings (SSSR count). The van der Waals surface area contributed by atoms with Crippen molar-refractivity contribution in [3.05, 3.63) is 60.2 Å². The molecule has 0 bridgehead atoms. The van der Waals surface area contributed by atoms with Gasteiger partial charge in [0.05, 0.1) is 0 Å². The summed E-state index contributed by atoms with van der Waals surface area (Å²) in [5.74, 6) is 0.619. The van der Waals surface area contributed by atoms with E-state index in [0.717, 1.165) is 0 Å². The summed E-state index contributed by atoms with van der Waals surface area (Å²) in [4.78, 5) is 7.81. The van der Waals surface area contributed by atoms with Crippen molar-refractivity contribution >= 4 is 0 Å². The molecule has 0 fully saturated rings. The molecular weight excluding hydrogens is 256 g/mol. The Hall–Kier alpha value is -1.70. The van der Waals surface area contributed by atoms with Crippen LogP contribution in [0.4, 0.5) is 0 Å². The summed E-state index contributed by atoms with van der Waals surface area (Å²) in [6.07, 6.45) is 8.51. The van der Waals surface area contributed by atoms with Gasteiger partial charge in [0.2, 0.25) is 0 Å². The number of nitrogens with zero attached hydrogens (tertiary/aromatic N) is 2. The monoisotopic (exact) mass is 288 g/mol. The lowest BCUT2D eigenvalue weighted by atomic mass is 10.1. The van der Waals surface area contributed by atoms with E-state index in [1.165, 1.54) is 17.5 Å². The van der Waals surface area contributed by atoms with E-state index in [1.807, 2.05) is 63.6 Å². The Balaban J connectivity index is 0. The highest BCUT2D eigenvalue weighted by Crippen LogP contribution is 2.10. The molecule has 0 aliphatic heterocycles. The van der Waals surface area contributed by atoms with Gasteiger partial charge >= 0.3 is 0 Å². The van der Waals surface area contributed by atoms with Gasteiger partial charge in [0.15, 0.2) is 0 Å². The first kappa shape index (κ1) is 21.6. The molecule has 2 nitrogen and oxygen atoms in total. The van der Waals surface area contributed by atoms with Crippen LogP contribution in [0.25, 0.3) is 0 Å². The van der Waals surface area contributed by atoms with Gasteiger partial charge in [0.1, 0.15) is 0 Å². The van der Waals surface area contributed by atoms with Crippen molar-refractivity contribution in [3.8, 4) is 0 Å². The molecule has 2 heteroatoms. The van der Waals surface area contributed by atoms with E-state index >= 15 is 0 Å². The van der Waals surface area contributed by atoms with Crippen LogP contribution in [-0.4, -0.2) is 9.97 Å². The van der Waals surface area contributed by atoms with Crippen LogP contribution in [0.5, 0.6) is 0 Å². The topological polar surface area (TPSA) is 25.8 Å². The third-order valence-corrected chi connectivity index (χ3v) is 2.18. The fraction of sp³-hybridized carbons (Fsp3) is 0.474. The zero-order valence-corrected chi connectivity index (χ0v) is 14.8. The van der Waals surface area contributed by atoms with Crippen molar-refractivity contribution in [1.29, 1.82) is 0 Å². The maximum atomic E-state index is 3.93. The molecule has 0 aliphatic carbocycles. The van der Waals surface area contributed by atoms with Crippen molar-refractivity contribution in [1.82, 2.24) is 9.97 Å². The molecule has 21 heavy (non-hydrogen) atoms. The van der Waals surface area contributed by atoms with Crippen LogP contribution in [0, 0.1) is 6.92 Å². The van der Waals surface area contributed by atoms with Gasteiger partial charge in [-0.3, -0.25) is 9.97 Å². The van der Waals surface area contributed by atoms with Crippen LogP contribution in [0.3, 0.4) is 0 Å².